The van der Waals surface area contributed by atoms with Crippen LogP contribution in [0.3, 0.4) is 0 Å². The number of carbonyl (C=O) groups is 1. The summed E-state index contributed by atoms with van der Waals surface area (Å²) in [5.41, 5.74) is 3.55. The summed E-state index contributed by atoms with van der Waals surface area (Å²) in [7, 11) is 0. The number of anilines is 1. The number of carboxylic acid groups (broad SMARTS) is 1. The Hall–Kier alpha value is -4.21. The number of benzene rings is 2. The van der Waals surface area contributed by atoms with Gasteiger partial charge in [0, 0.05) is 58.4 Å². The normalized spacial score (nSPS) is 14.1. The molecule has 1 aliphatic rings. The molecule has 0 radical (unpaired) electrons. The van der Waals surface area contributed by atoms with Crippen molar-refractivity contribution in [2.24, 2.45) is 0 Å². The zero-order valence-corrected chi connectivity index (χ0v) is 30.5. The van der Waals surface area contributed by atoms with E-state index in [1.807, 2.05) is 13.0 Å². The Balaban J connectivity index is 1.33. The van der Waals surface area contributed by atoms with Crippen molar-refractivity contribution in [2.45, 2.75) is 53.6 Å². The largest absolute Gasteiger partial charge is 0.491 e. The van der Waals surface area contributed by atoms with Gasteiger partial charge < -0.3 is 14.7 Å². The summed E-state index contributed by atoms with van der Waals surface area (Å²) < 4.78 is 8.54. The van der Waals surface area contributed by atoms with Gasteiger partial charge >= 0.3 is 5.97 Å². The highest BCUT2D eigenvalue weighted by atomic mass is 35.5. The van der Waals surface area contributed by atoms with E-state index in [0.717, 1.165) is 23.4 Å². The Morgan fingerprint density at radius 3 is 2.43 bits per heavy atom. The average molecular weight is 720 g/mol. The molecule has 1 saturated heterocycles. The Labute approximate surface area is 298 Å². The zero-order chi connectivity index (χ0) is 35.4. The Bertz CT molecular complexity index is 2240. The molecule has 4 heterocycles. The van der Waals surface area contributed by atoms with Gasteiger partial charge in [0.15, 0.2) is 0 Å². The SMILES string of the molecule is Cc1cc(-c2cc(Cl)ccc2OCCn2c(C)nc3cc(Cl)c(N4CCN(C(C)(C)C)CC4)c(C#N)c3c2=O)c2sc(C)c(C(=O)O)c2n1. The number of hydrogen-bond donors (Lipinski definition) is 1. The number of pyridine rings is 1. The lowest BCUT2D eigenvalue weighted by Gasteiger charge is -2.43. The van der Waals surface area contributed by atoms with Gasteiger partial charge in [-0.2, -0.15) is 5.26 Å². The third kappa shape index (κ3) is 6.46. The van der Waals surface area contributed by atoms with E-state index in [9.17, 15) is 20.0 Å². The topological polar surface area (TPSA) is 125 Å². The van der Waals surface area contributed by atoms with E-state index < -0.39 is 5.97 Å². The Kier molecular flexibility index (Phi) is 9.37. The molecule has 254 valence electrons. The van der Waals surface area contributed by atoms with Gasteiger partial charge in [0.25, 0.3) is 5.56 Å². The van der Waals surface area contributed by atoms with Gasteiger partial charge in [0.2, 0.25) is 0 Å². The number of fused-ring (bicyclic) bond motifs is 2. The maximum atomic E-state index is 14.1. The van der Waals surface area contributed by atoms with Crippen molar-refractivity contribution >= 4 is 67.3 Å². The number of ether oxygens (including phenoxy) is 1. The van der Waals surface area contributed by atoms with Crippen LogP contribution in [-0.4, -0.2) is 68.8 Å². The molecule has 13 heteroatoms. The van der Waals surface area contributed by atoms with Crippen molar-refractivity contribution in [1.29, 1.82) is 5.26 Å². The molecule has 0 spiro atoms. The van der Waals surface area contributed by atoms with E-state index in [2.05, 4.69) is 46.6 Å². The summed E-state index contributed by atoms with van der Waals surface area (Å²) in [6, 6.07) is 11.1. The summed E-state index contributed by atoms with van der Waals surface area (Å²) in [5.74, 6) is -0.0530. The van der Waals surface area contributed by atoms with Crippen LogP contribution in [0, 0.1) is 32.1 Å². The molecular weight excluding hydrogens is 683 g/mol. The number of halogens is 2. The fourth-order valence-electron chi connectivity index (χ4n) is 6.57. The van der Waals surface area contributed by atoms with E-state index in [1.165, 1.54) is 15.9 Å². The molecule has 1 aliphatic heterocycles. The molecule has 5 aromatic rings. The van der Waals surface area contributed by atoms with Crippen LogP contribution in [0.25, 0.3) is 32.2 Å². The van der Waals surface area contributed by atoms with Gasteiger partial charge in [-0.05, 0) is 71.9 Å². The summed E-state index contributed by atoms with van der Waals surface area (Å²) in [5, 5.41) is 21.4. The van der Waals surface area contributed by atoms with Crippen LogP contribution in [0.2, 0.25) is 10.0 Å². The minimum absolute atomic E-state index is 0.0255. The first kappa shape index (κ1) is 34.6. The molecule has 0 saturated carbocycles. The van der Waals surface area contributed by atoms with Crippen molar-refractivity contribution in [3.05, 3.63) is 78.3 Å². The minimum Gasteiger partial charge on any atom is -0.491 e. The maximum Gasteiger partial charge on any atom is 0.339 e. The van der Waals surface area contributed by atoms with Crippen LogP contribution in [0.4, 0.5) is 5.69 Å². The number of carboxylic acids is 1. The molecule has 0 bridgehead atoms. The third-order valence-electron chi connectivity index (χ3n) is 8.98. The molecule has 3 aromatic heterocycles. The highest BCUT2D eigenvalue weighted by Crippen LogP contribution is 2.42. The predicted molar refractivity (Wildman–Crippen MR) is 196 cm³/mol. The molecule has 0 atom stereocenters. The second-order valence-electron chi connectivity index (χ2n) is 13.2. The number of aryl methyl sites for hydroxylation is 3. The Morgan fingerprint density at radius 2 is 1.78 bits per heavy atom. The zero-order valence-electron chi connectivity index (χ0n) is 28.1. The molecule has 10 nitrogen and oxygen atoms in total. The molecule has 0 amide bonds. The van der Waals surface area contributed by atoms with Crippen molar-refractivity contribution in [2.75, 3.05) is 37.7 Å². The second-order valence-corrected chi connectivity index (χ2v) is 15.2. The average Bonchev–Trinajstić information content (AvgIpc) is 3.37. The van der Waals surface area contributed by atoms with Crippen molar-refractivity contribution in [1.82, 2.24) is 19.4 Å². The van der Waals surface area contributed by atoms with Gasteiger partial charge in [-0.1, -0.05) is 23.2 Å². The molecule has 6 rings (SSSR count). The number of nitrogens with zero attached hydrogens (tertiary/aromatic N) is 6. The van der Waals surface area contributed by atoms with Gasteiger partial charge in [-0.25, -0.2) is 9.78 Å². The van der Waals surface area contributed by atoms with Gasteiger partial charge in [0.1, 0.15) is 24.3 Å². The molecule has 0 unspecified atom stereocenters. The quantitative estimate of drug-likeness (QED) is 0.182. The van der Waals surface area contributed by atoms with E-state index in [0.29, 0.717) is 67.6 Å². The number of nitriles is 1. The predicted octanol–water partition coefficient (Wildman–Crippen LogP) is 7.47. The minimum atomic E-state index is -1.03. The van der Waals surface area contributed by atoms with Crippen molar-refractivity contribution in [3.8, 4) is 22.9 Å². The standard InChI is InChI=1S/C36H36Cl2N6O4S/c1-19-15-24(33-31(40-19)29(35(46)47)20(2)49-33)23-16-22(37)7-8-28(23)48-14-13-44-21(3)41-27-17-26(38)32(25(18-39)30(27)34(44)45)42-9-11-43(12-10-42)36(4,5)6/h7-8,15-17H,9-14H2,1-6H3,(H,46,47). The first-order valence-corrected chi connectivity index (χ1v) is 17.5. The summed E-state index contributed by atoms with van der Waals surface area (Å²) in [6.07, 6.45) is 0. The number of rotatable bonds is 7. The first-order chi connectivity index (χ1) is 23.2. The lowest BCUT2D eigenvalue weighted by molar-refractivity contribution is 0.0698. The summed E-state index contributed by atoms with van der Waals surface area (Å²) in [4.78, 5) is 40.5. The van der Waals surface area contributed by atoms with Crippen molar-refractivity contribution in [3.63, 3.8) is 0 Å². The number of piperazine rings is 1. The van der Waals surface area contributed by atoms with Gasteiger partial charge in [-0.15, -0.1) is 11.3 Å². The molecule has 1 N–H and O–H groups in total. The van der Waals surface area contributed by atoms with E-state index in [4.69, 9.17) is 27.9 Å². The summed E-state index contributed by atoms with van der Waals surface area (Å²) >= 11 is 14.6. The van der Waals surface area contributed by atoms with Crippen LogP contribution >= 0.6 is 34.5 Å². The molecule has 1 fully saturated rings. The molecule has 2 aromatic carbocycles. The number of aromatic nitrogens is 3. The fraction of sp³-hybridized carbons (Fsp3) is 0.361. The van der Waals surface area contributed by atoms with Crippen LogP contribution in [-0.2, 0) is 6.54 Å². The lowest BCUT2D eigenvalue weighted by atomic mass is 10.0. The first-order valence-electron chi connectivity index (χ1n) is 15.9. The fourth-order valence-corrected chi connectivity index (χ4v) is 8.18. The molecular formula is C36H36Cl2N6O4S. The smallest absolute Gasteiger partial charge is 0.339 e. The van der Waals surface area contributed by atoms with Crippen molar-refractivity contribution < 1.29 is 14.6 Å². The lowest BCUT2D eigenvalue weighted by Crippen LogP contribution is -2.53. The number of thiophene rings is 1. The van der Waals surface area contributed by atoms with Crippen LogP contribution in [0.15, 0.2) is 35.1 Å². The highest BCUT2D eigenvalue weighted by Gasteiger charge is 2.29. The Morgan fingerprint density at radius 1 is 1.06 bits per heavy atom. The summed E-state index contributed by atoms with van der Waals surface area (Å²) in [6.45, 7) is 15.1. The molecule has 49 heavy (non-hydrogen) atoms. The second kappa shape index (κ2) is 13.2. The monoisotopic (exact) mass is 718 g/mol. The van der Waals surface area contributed by atoms with Gasteiger partial charge in [-0.3, -0.25) is 19.2 Å². The highest BCUT2D eigenvalue weighted by molar-refractivity contribution is 7.20. The molecule has 0 aliphatic carbocycles. The van der Waals surface area contributed by atoms with E-state index in [1.54, 1.807) is 38.1 Å². The van der Waals surface area contributed by atoms with Crippen LogP contribution in [0.1, 0.15) is 53.1 Å². The van der Waals surface area contributed by atoms with E-state index >= 15 is 0 Å². The third-order valence-corrected chi connectivity index (χ3v) is 10.6. The number of aromatic carboxylic acids is 1. The van der Waals surface area contributed by atoms with Crippen LogP contribution < -0.4 is 15.2 Å². The number of hydrogen-bond acceptors (Lipinski definition) is 9. The van der Waals surface area contributed by atoms with Gasteiger partial charge in [0.05, 0.1) is 49.5 Å². The van der Waals surface area contributed by atoms with E-state index in [-0.39, 0.29) is 40.8 Å². The van der Waals surface area contributed by atoms with Crippen LogP contribution in [0.5, 0.6) is 5.75 Å². The maximum absolute atomic E-state index is 14.1.